The highest BCUT2D eigenvalue weighted by atomic mass is 16.5. The lowest BCUT2D eigenvalue weighted by Gasteiger charge is -2.37. The van der Waals surface area contributed by atoms with Crippen molar-refractivity contribution in [3.63, 3.8) is 0 Å². The van der Waals surface area contributed by atoms with E-state index in [-0.39, 0.29) is 29.9 Å². The zero-order valence-electron chi connectivity index (χ0n) is 21.6. The second-order valence-electron chi connectivity index (χ2n) is 9.62. The fourth-order valence-corrected chi connectivity index (χ4v) is 4.77. The Balaban J connectivity index is 2.09. The van der Waals surface area contributed by atoms with Crippen LogP contribution in [0.1, 0.15) is 136 Å². The molecule has 0 N–H and O–H groups in total. The second kappa shape index (κ2) is 18.7. The summed E-state index contributed by atoms with van der Waals surface area (Å²) in [7, 11) is 0. The first-order valence-corrected chi connectivity index (χ1v) is 13.6. The van der Waals surface area contributed by atoms with E-state index in [1.807, 2.05) is 0 Å². The van der Waals surface area contributed by atoms with Gasteiger partial charge in [-0.1, -0.05) is 76.9 Å². The van der Waals surface area contributed by atoms with Gasteiger partial charge in [0.1, 0.15) is 6.10 Å². The van der Waals surface area contributed by atoms with Crippen LogP contribution in [-0.4, -0.2) is 34.8 Å². The van der Waals surface area contributed by atoms with Gasteiger partial charge < -0.3 is 4.74 Å². The predicted molar refractivity (Wildman–Crippen MR) is 135 cm³/mol. The number of carbonyl (C=O) groups excluding carboxylic acids is 3. The number of imide groups is 1. The fraction of sp³-hybridized carbons (Fsp3) is 0.821. The number of hydrogen-bond acceptors (Lipinski definition) is 4. The molecule has 0 saturated heterocycles. The molecule has 5 heteroatoms. The molecule has 1 aliphatic rings. The summed E-state index contributed by atoms with van der Waals surface area (Å²) in [6.07, 6.45) is 24.0. The number of esters is 1. The van der Waals surface area contributed by atoms with E-state index < -0.39 is 0 Å². The Hall–Kier alpha value is -1.65. The fourth-order valence-electron chi connectivity index (χ4n) is 4.77. The van der Waals surface area contributed by atoms with Crippen molar-refractivity contribution < 1.29 is 19.1 Å². The van der Waals surface area contributed by atoms with E-state index in [0.717, 1.165) is 44.9 Å². The topological polar surface area (TPSA) is 63.7 Å². The zero-order chi connectivity index (χ0) is 24.3. The maximum atomic E-state index is 12.3. The summed E-state index contributed by atoms with van der Waals surface area (Å²) in [6, 6.07) is -0.313. The number of rotatable bonds is 17. The third kappa shape index (κ3) is 13.6. The molecule has 2 unspecified atom stereocenters. The molecule has 0 bridgehead atoms. The Morgan fingerprint density at radius 1 is 0.758 bits per heavy atom. The summed E-state index contributed by atoms with van der Waals surface area (Å²) in [5.41, 5.74) is 0. The van der Waals surface area contributed by atoms with Gasteiger partial charge in [-0.05, 0) is 51.4 Å². The summed E-state index contributed by atoms with van der Waals surface area (Å²) >= 11 is 0. The smallest absolute Gasteiger partial charge is 0.306 e. The van der Waals surface area contributed by atoms with Gasteiger partial charge in [0.2, 0.25) is 11.8 Å². The molecule has 0 spiro atoms. The molecule has 0 radical (unpaired) electrons. The van der Waals surface area contributed by atoms with Gasteiger partial charge in [0.05, 0.1) is 6.04 Å². The Kier molecular flexibility index (Phi) is 16.7. The van der Waals surface area contributed by atoms with Crippen LogP contribution in [0.4, 0.5) is 0 Å². The highest BCUT2D eigenvalue weighted by Crippen LogP contribution is 2.27. The number of allylic oxidation sites excluding steroid dienone is 2. The summed E-state index contributed by atoms with van der Waals surface area (Å²) in [6.45, 7) is 5.06. The number of amides is 2. The summed E-state index contributed by atoms with van der Waals surface area (Å²) in [5.74, 6) is -0.739. The van der Waals surface area contributed by atoms with Gasteiger partial charge in [0, 0.05) is 20.3 Å². The number of nitrogens with zero attached hydrogens (tertiary/aromatic N) is 1. The number of ether oxygens (including phenoxy) is 1. The van der Waals surface area contributed by atoms with Crippen molar-refractivity contribution >= 4 is 17.8 Å². The third-order valence-electron chi connectivity index (χ3n) is 6.60. The standard InChI is InChI=1S/C28H49NO4/c1-4-5-6-7-8-9-10-11-12-13-14-15-16-17-18-23-28(32)33-27-22-20-19-21-26(27)29(24(2)30)25(3)31/h11-12,26-27H,4-10,13-23H2,1-3H3/b12-11-. The van der Waals surface area contributed by atoms with Gasteiger partial charge >= 0.3 is 5.97 Å². The SMILES string of the molecule is CCCCCCCC/C=C\CCCCCCCC(=O)OC1CCCCC1N(C(C)=O)C(C)=O. The van der Waals surface area contributed by atoms with Crippen LogP contribution >= 0.6 is 0 Å². The zero-order valence-corrected chi connectivity index (χ0v) is 21.6. The summed E-state index contributed by atoms with van der Waals surface area (Å²) in [4.78, 5) is 37.4. The minimum atomic E-state index is -0.359. The van der Waals surface area contributed by atoms with Crippen LogP contribution in [0, 0.1) is 0 Å². The normalized spacial score (nSPS) is 18.4. The first-order chi connectivity index (χ1) is 16.0. The lowest BCUT2D eigenvalue weighted by atomic mass is 9.91. The molecule has 1 fully saturated rings. The van der Waals surface area contributed by atoms with E-state index in [0.29, 0.717) is 12.8 Å². The van der Waals surface area contributed by atoms with Crippen LogP contribution in [0.25, 0.3) is 0 Å². The lowest BCUT2D eigenvalue weighted by Crippen LogP contribution is -2.51. The number of hydrogen-bond donors (Lipinski definition) is 0. The first kappa shape index (κ1) is 29.4. The lowest BCUT2D eigenvalue weighted by molar-refractivity contribution is -0.162. The minimum absolute atomic E-state index is 0.198. The van der Waals surface area contributed by atoms with Crippen molar-refractivity contribution in [1.82, 2.24) is 4.90 Å². The van der Waals surface area contributed by atoms with Gasteiger partial charge in [-0.15, -0.1) is 0 Å². The van der Waals surface area contributed by atoms with Crippen molar-refractivity contribution in [1.29, 1.82) is 0 Å². The molecule has 33 heavy (non-hydrogen) atoms. The maximum Gasteiger partial charge on any atom is 0.306 e. The van der Waals surface area contributed by atoms with E-state index in [4.69, 9.17) is 4.74 Å². The molecular formula is C28H49NO4. The van der Waals surface area contributed by atoms with E-state index in [2.05, 4.69) is 19.1 Å². The molecule has 0 aromatic carbocycles. The molecule has 0 aromatic rings. The van der Waals surface area contributed by atoms with Crippen molar-refractivity contribution in [2.75, 3.05) is 0 Å². The van der Waals surface area contributed by atoms with E-state index >= 15 is 0 Å². The van der Waals surface area contributed by atoms with Crippen molar-refractivity contribution in [3.05, 3.63) is 12.2 Å². The van der Waals surface area contributed by atoms with Crippen LogP contribution in [-0.2, 0) is 19.1 Å². The van der Waals surface area contributed by atoms with Gasteiger partial charge in [0.25, 0.3) is 0 Å². The Bertz CT molecular complexity index is 572. The maximum absolute atomic E-state index is 12.3. The average Bonchev–Trinajstić information content (AvgIpc) is 2.77. The second-order valence-corrected chi connectivity index (χ2v) is 9.62. The monoisotopic (exact) mass is 463 g/mol. The van der Waals surface area contributed by atoms with Crippen LogP contribution in [0.2, 0.25) is 0 Å². The first-order valence-electron chi connectivity index (χ1n) is 13.6. The van der Waals surface area contributed by atoms with Crippen molar-refractivity contribution in [2.24, 2.45) is 0 Å². The van der Waals surface area contributed by atoms with Crippen LogP contribution < -0.4 is 0 Å². The Morgan fingerprint density at radius 2 is 1.27 bits per heavy atom. The molecule has 0 aromatic heterocycles. The van der Waals surface area contributed by atoms with Gasteiger partial charge in [-0.25, -0.2) is 0 Å². The summed E-state index contributed by atoms with van der Waals surface area (Å²) < 4.78 is 5.71. The largest absolute Gasteiger partial charge is 0.460 e. The average molecular weight is 464 g/mol. The van der Waals surface area contributed by atoms with Gasteiger partial charge in [0.15, 0.2) is 0 Å². The molecule has 2 atom stereocenters. The quantitative estimate of drug-likeness (QED) is 0.129. The Labute approximate surface area is 202 Å². The van der Waals surface area contributed by atoms with E-state index in [9.17, 15) is 14.4 Å². The molecule has 2 amide bonds. The predicted octanol–water partition coefficient (Wildman–Crippen LogP) is 7.27. The van der Waals surface area contributed by atoms with Gasteiger partial charge in [-0.3, -0.25) is 19.3 Å². The van der Waals surface area contributed by atoms with E-state index in [1.54, 1.807) is 0 Å². The van der Waals surface area contributed by atoms with Crippen LogP contribution in [0.5, 0.6) is 0 Å². The summed E-state index contributed by atoms with van der Waals surface area (Å²) in [5, 5.41) is 0. The molecule has 1 saturated carbocycles. The van der Waals surface area contributed by atoms with Gasteiger partial charge in [-0.2, -0.15) is 0 Å². The van der Waals surface area contributed by atoms with Crippen LogP contribution in [0.3, 0.4) is 0 Å². The number of unbranched alkanes of at least 4 members (excludes halogenated alkanes) is 11. The Morgan fingerprint density at radius 3 is 1.85 bits per heavy atom. The highest BCUT2D eigenvalue weighted by Gasteiger charge is 2.36. The van der Waals surface area contributed by atoms with Crippen LogP contribution in [0.15, 0.2) is 12.2 Å². The van der Waals surface area contributed by atoms with E-state index in [1.165, 1.54) is 76.5 Å². The molecular weight excluding hydrogens is 414 g/mol. The highest BCUT2D eigenvalue weighted by molar-refractivity contribution is 5.93. The molecule has 0 heterocycles. The molecule has 5 nitrogen and oxygen atoms in total. The van der Waals surface area contributed by atoms with Crippen molar-refractivity contribution in [2.45, 2.75) is 148 Å². The minimum Gasteiger partial charge on any atom is -0.460 e. The molecule has 1 aliphatic carbocycles. The molecule has 190 valence electrons. The number of carbonyl (C=O) groups is 3. The third-order valence-corrected chi connectivity index (χ3v) is 6.60. The molecule has 0 aliphatic heterocycles. The molecule has 1 rings (SSSR count). The van der Waals surface area contributed by atoms with Crippen molar-refractivity contribution in [3.8, 4) is 0 Å².